The normalized spacial score (nSPS) is 17.4. The number of carbonyl (C=O) groups is 1. The van der Waals surface area contributed by atoms with E-state index in [1.165, 1.54) is 17.2 Å². The van der Waals surface area contributed by atoms with Gasteiger partial charge in [-0.3, -0.25) is 9.48 Å². The average molecular weight is 487 g/mol. The molecule has 0 saturated carbocycles. The van der Waals surface area contributed by atoms with Crippen LogP contribution < -0.4 is 14.2 Å². The molecule has 11 nitrogen and oxygen atoms in total. The van der Waals surface area contributed by atoms with Crippen LogP contribution in [0.5, 0.6) is 23.1 Å². The van der Waals surface area contributed by atoms with Crippen molar-refractivity contribution in [3.8, 4) is 23.1 Å². The zero-order valence-electron chi connectivity index (χ0n) is 20.7. The number of nitrogens with zero attached hydrogens (tertiary/aromatic N) is 4. The third-order valence-corrected chi connectivity index (χ3v) is 4.91. The monoisotopic (exact) mass is 486 g/mol. The summed E-state index contributed by atoms with van der Waals surface area (Å²) in [5, 5.41) is 4.79. The first-order valence-corrected chi connectivity index (χ1v) is 11.2. The Kier molecular flexibility index (Phi) is 6.82. The van der Waals surface area contributed by atoms with E-state index in [0.29, 0.717) is 47.2 Å². The Bertz CT molecular complexity index is 1200. The van der Waals surface area contributed by atoms with Gasteiger partial charge in [0, 0.05) is 6.07 Å². The molecule has 0 N–H and O–H groups in total. The molecule has 1 aliphatic rings. The topological polar surface area (TPSA) is 116 Å². The van der Waals surface area contributed by atoms with Gasteiger partial charge < -0.3 is 28.4 Å². The van der Waals surface area contributed by atoms with Gasteiger partial charge in [0.2, 0.25) is 5.88 Å². The van der Waals surface area contributed by atoms with Gasteiger partial charge in [0.1, 0.15) is 31.2 Å². The second-order valence-corrected chi connectivity index (χ2v) is 9.52. The number of esters is 1. The lowest BCUT2D eigenvalue weighted by Gasteiger charge is -2.19. The van der Waals surface area contributed by atoms with Gasteiger partial charge in [-0.25, -0.2) is 9.97 Å². The van der Waals surface area contributed by atoms with E-state index in [0.717, 1.165) is 0 Å². The van der Waals surface area contributed by atoms with Crippen molar-refractivity contribution < 1.29 is 33.2 Å². The smallest absolute Gasteiger partial charge is 0.328 e. The van der Waals surface area contributed by atoms with Gasteiger partial charge in [0.05, 0.1) is 37.0 Å². The summed E-state index contributed by atoms with van der Waals surface area (Å²) >= 11 is 0. The van der Waals surface area contributed by atoms with E-state index in [1.807, 2.05) is 34.6 Å². The minimum atomic E-state index is -0.623. The molecule has 0 spiro atoms. The molecule has 0 radical (unpaired) electrons. The van der Waals surface area contributed by atoms with E-state index in [4.69, 9.17) is 28.4 Å². The fourth-order valence-corrected chi connectivity index (χ4v) is 3.52. The van der Waals surface area contributed by atoms with E-state index in [-0.39, 0.29) is 12.6 Å². The maximum absolute atomic E-state index is 12.1. The first-order valence-electron chi connectivity index (χ1n) is 11.2. The number of fused-ring (bicyclic) bond motifs is 1. The second-order valence-electron chi connectivity index (χ2n) is 9.52. The molecule has 3 aromatic rings. The Balaban J connectivity index is 1.48. The lowest BCUT2D eigenvalue weighted by molar-refractivity contribution is -0.155. The molecule has 0 bridgehead atoms. The Morgan fingerprint density at radius 1 is 1.23 bits per heavy atom. The molecule has 1 saturated heterocycles. The van der Waals surface area contributed by atoms with Crippen molar-refractivity contribution in [1.29, 1.82) is 0 Å². The summed E-state index contributed by atoms with van der Waals surface area (Å²) in [7, 11) is 1.55. The Morgan fingerprint density at radius 3 is 2.71 bits per heavy atom. The minimum absolute atomic E-state index is 0.0351. The lowest BCUT2D eigenvalue weighted by Crippen LogP contribution is -2.26. The molecule has 11 heteroatoms. The van der Waals surface area contributed by atoms with Crippen LogP contribution in [-0.4, -0.2) is 63.5 Å². The van der Waals surface area contributed by atoms with Gasteiger partial charge in [-0.15, -0.1) is 0 Å². The van der Waals surface area contributed by atoms with Crippen molar-refractivity contribution in [1.82, 2.24) is 19.7 Å². The maximum Gasteiger partial charge on any atom is 0.328 e. The Hall–Kier alpha value is -3.44. The Morgan fingerprint density at radius 2 is 2.03 bits per heavy atom. The van der Waals surface area contributed by atoms with Crippen molar-refractivity contribution in [2.75, 3.05) is 20.3 Å². The summed E-state index contributed by atoms with van der Waals surface area (Å²) in [6.07, 6.45) is 4.30. The molecule has 3 heterocycles. The summed E-state index contributed by atoms with van der Waals surface area (Å²) in [6.45, 7) is 9.88. The molecular formula is C24H30N4O7. The number of aromatic nitrogens is 4. The van der Waals surface area contributed by atoms with Gasteiger partial charge in [0.25, 0.3) is 0 Å². The lowest BCUT2D eigenvalue weighted by atomic mass is 10.2. The van der Waals surface area contributed by atoms with Crippen molar-refractivity contribution in [2.45, 2.75) is 58.7 Å². The van der Waals surface area contributed by atoms with E-state index in [2.05, 4.69) is 15.1 Å². The number of methoxy groups -OCH3 is 1. The molecule has 0 aliphatic carbocycles. The van der Waals surface area contributed by atoms with Crippen LogP contribution in [0, 0.1) is 0 Å². The van der Waals surface area contributed by atoms with Crippen LogP contribution in [0.3, 0.4) is 0 Å². The summed E-state index contributed by atoms with van der Waals surface area (Å²) < 4.78 is 35.6. The summed E-state index contributed by atoms with van der Waals surface area (Å²) in [5.74, 6) is 0.718. The third-order valence-electron chi connectivity index (χ3n) is 4.91. The van der Waals surface area contributed by atoms with Crippen LogP contribution >= 0.6 is 0 Å². The van der Waals surface area contributed by atoms with Crippen LogP contribution in [-0.2, 0) is 25.5 Å². The molecule has 1 aromatic carbocycles. The fraction of sp³-hybridized carbons (Fsp3) is 0.500. The molecule has 0 amide bonds. The molecule has 4 rings (SSSR count). The van der Waals surface area contributed by atoms with Crippen LogP contribution in [0.4, 0.5) is 0 Å². The maximum atomic E-state index is 12.1. The van der Waals surface area contributed by atoms with Gasteiger partial charge in [-0.2, -0.15) is 5.10 Å². The molecular weight excluding hydrogens is 456 g/mol. The van der Waals surface area contributed by atoms with E-state index >= 15 is 0 Å². The number of benzene rings is 1. The van der Waals surface area contributed by atoms with Crippen LogP contribution in [0.1, 0.15) is 34.6 Å². The quantitative estimate of drug-likeness (QED) is 0.438. The fourth-order valence-electron chi connectivity index (χ4n) is 3.52. The molecule has 1 unspecified atom stereocenters. The first kappa shape index (κ1) is 24.7. The standard InChI is InChI=1S/C24H30N4O7/c1-23(2,3)35-21(29)11-28-10-15(9-27-28)33-22-17-7-19(30-6)20(8-18(17)25-14-26-22)31-12-16-13-32-24(4,5)34-16/h7-10,14,16H,11-13H2,1-6H3. The highest BCUT2D eigenvalue weighted by Gasteiger charge is 2.33. The van der Waals surface area contributed by atoms with Crippen molar-refractivity contribution in [2.24, 2.45) is 0 Å². The second kappa shape index (κ2) is 9.67. The number of hydrogen-bond acceptors (Lipinski definition) is 10. The average Bonchev–Trinajstić information content (AvgIpc) is 3.35. The first-order chi connectivity index (χ1) is 16.5. The Labute approximate surface area is 203 Å². The van der Waals surface area contributed by atoms with Crippen molar-refractivity contribution in [3.63, 3.8) is 0 Å². The minimum Gasteiger partial charge on any atom is -0.493 e. The largest absolute Gasteiger partial charge is 0.493 e. The number of hydrogen-bond donors (Lipinski definition) is 0. The van der Waals surface area contributed by atoms with Gasteiger partial charge >= 0.3 is 5.97 Å². The van der Waals surface area contributed by atoms with Crippen LogP contribution in [0.2, 0.25) is 0 Å². The van der Waals surface area contributed by atoms with E-state index < -0.39 is 17.4 Å². The molecule has 1 atom stereocenters. The number of ether oxygens (including phenoxy) is 6. The molecule has 1 aliphatic heterocycles. The summed E-state index contributed by atoms with van der Waals surface area (Å²) in [4.78, 5) is 20.6. The van der Waals surface area contributed by atoms with E-state index in [1.54, 1.807) is 25.4 Å². The zero-order valence-corrected chi connectivity index (χ0v) is 20.7. The summed E-state index contributed by atoms with van der Waals surface area (Å²) in [5.41, 5.74) is 0.0374. The summed E-state index contributed by atoms with van der Waals surface area (Å²) in [6, 6.07) is 3.51. The molecule has 2 aromatic heterocycles. The highest BCUT2D eigenvalue weighted by Crippen LogP contribution is 2.36. The predicted octanol–water partition coefficient (Wildman–Crippen LogP) is 3.50. The van der Waals surface area contributed by atoms with Gasteiger partial charge in [-0.1, -0.05) is 0 Å². The molecule has 1 fully saturated rings. The molecule has 35 heavy (non-hydrogen) atoms. The van der Waals surface area contributed by atoms with E-state index in [9.17, 15) is 4.79 Å². The van der Waals surface area contributed by atoms with Gasteiger partial charge in [0.15, 0.2) is 23.0 Å². The number of carbonyl (C=O) groups excluding carboxylic acids is 1. The molecule has 188 valence electrons. The zero-order chi connectivity index (χ0) is 25.2. The SMILES string of the molecule is COc1cc2c(Oc3cnn(CC(=O)OC(C)(C)C)c3)ncnc2cc1OCC1COC(C)(C)O1. The third kappa shape index (κ3) is 6.37. The number of rotatable bonds is 8. The van der Waals surface area contributed by atoms with Crippen LogP contribution in [0.15, 0.2) is 30.9 Å². The predicted molar refractivity (Wildman–Crippen MR) is 125 cm³/mol. The highest BCUT2D eigenvalue weighted by atomic mass is 16.7. The van der Waals surface area contributed by atoms with Crippen molar-refractivity contribution in [3.05, 3.63) is 30.9 Å². The van der Waals surface area contributed by atoms with Crippen LogP contribution in [0.25, 0.3) is 10.9 Å². The van der Waals surface area contributed by atoms with Crippen molar-refractivity contribution >= 4 is 16.9 Å². The highest BCUT2D eigenvalue weighted by molar-refractivity contribution is 5.87. The van der Waals surface area contributed by atoms with Gasteiger partial charge in [-0.05, 0) is 40.7 Å².